The maximum atomic E-state index is 12.9. The molecule has 1 aliphatic heterocycles. The summed E-state index contributed by atoms with van der Waals surface area (Å²) in [5, 5.41) is 5.62. The lowest BCUT2D eigenvalue weighted by Gasteiger charge is -2.36. The summed E-state index contributed by atoms with van der Waals surface area (Å²) in [6.45, 7) is 1.84. The molecule has 2 aliphatic rings. The second-order valence-electron chi connectivity index (χ2n) is 7.89. The molecule has 4 amide bonds. The quantitative estimate of drug-likeness (QED) is 0.712. The number of amides is 4. The minimum atomic E-state index is -0.257. The molecule has 0 atom stereocenters. The Morgan fingerprint density at radius 1 is 1.00 bits per heavy atom. The maximum Gasteiger partial charge on any atom is 0.317 e. The summed E-state index contributed by atoms with van der Waals surface area (Å²) in [6, 6.07) is 5.15. The first-order chi connectivity index (χ1) is 15.0. The summed E-state index contributed by atoms with van der Waals surface area (Å²) in [5.74, 6) is 0.406. The van der Waals surface area contributed by atoms with E-state index < -0.39 is 0 Å². The van der Waals surface area contributed by atoms with Gasteiger partial charge in [-0.2, -0.15) is 0 Å². The number of piperazine rings is 1. The van der Waals surface area contributed by atoms with Crippen LogP contribution in [0.1, 0.15) is 42.5 Å². The van der Waals surface area contributed by atoms with Gasteiger partial charge in [-0.3, -0.25) is 9.59 Å². The van der Waals surface area contributed by atoms with Gasteiger partial charge in [-0.1, -0.05) is 19.3 Å². The molecule has 0 spiro atoms. The number of hydrogen-bond acceptors (Lipinski definition) is 5. The molecule has 1 aromatic carbocycles. The Hall–Kier alpha value is -2.97. The smallest absolute Gasteiger partial charge is 0.317 e. The molecule has 2 fully saturated rings. The Bertz CT molecular complexity index is 786. The Kier molecular flexibility index (Phi) is 7.97. The van der Waals surface area contributed by atoms with Crippen LogP contribution in [-0.4, -0.2) is 80.6 Å². The van der Waals surface area contributed by atoms with E-state index in [1.807, 2.05) is 0 Å². The molecule has 1 saturated carbocycles. The van der Waals surface area contributed by atoms with Crippen LogP contribution in [0.2, 0.25) is 0 Å². The standard InChI is InChI=1S/C22H32N4O5/c1-23-20(27)15-31-18-9-8-16(14-19(18)30-2)21(28)25-10-12-26(13-11-25)22(29)24-17-6-4-3-5-7-17/h8-9,14,17H,3-7,10-13,15H2,1-2H3,(H,23,27)(H,24,29). The monoisotopic (exact) mass is 432 g/mol. The number of ether oxygens (including phenoxy) is 2. The average Bonchev–Trinajstić information content (AvgIpc) is 2.82. The number of nitrogens with zero attached hydrogens (tertiary/aromatic N) is 2. The van der Waals surface area contributed by atoms with Crippen molar-refractivity contribution in [3.8, 4) is 11.5 Å². The van der Waals surface area contributed by atoms with Crippen molar-refractivity contribution in [2.45, 2.75) is 38.1 Å². The number of urea groups is 1. The van der Waals surface area contributed by atoms with Gasteiger partial charge in [0.2, 0.25) is 0 Å². The largest absolute Gasteiger partial charge is 0.493 e. The van der Waals surface area contributed by atoms with Gasteiger partial charge >= 0.3 is 6.03 Å². The van der Waals surface area contributed by atoms with Gasteiger partial charge in [0.05, 0.1) is 7.11 Å². The molecular weight excluding hydrogens is 400 g/mol. The summed E-state index contributed by atoms with van der Waals surface area (Å²) >= 11 is 0. The van der Waals surface area contributed by atoms with E-state index in [-0.39, 0.29) is 30.5 Å². The lowest BCUT2D eigenvalue weighted by molar-refractivity contribution is -0.122. The number of nitrogens with one attached hydrogen (secondary N) is 2. The molecule has 31 heavy (non-hydrogen) atoms. The molecule has 1 aliphatic carbocycles. The first-order valence-electron chi connectivity index (χ1n) is 10.9. The van der Waals surface area contributed by atoms with Gasteiger partial charge in [-0.25, -0.2) is 4.79 Å². The van der Waals surface area contributed by atoms with Crippen LogP contribution in [0.15, 0.2) is 18.2 Å². The van der Waals surface area contributed by atoms with Gasteiger partial charge in [0.25, 0.3) is 11.8 Å². The van der Waals surface area contributed by atoms with Crippen molar-refractivity contribution in [2.24, 2.45) is 0 Å². The molecule has 0 unspecified atom stereocenters. The molecule has 1 heterocycles. The Morgan fingerprint density at radius 3 is 2.32 bits per heavy atom. The normalized spacial score (nSPS) is 17.1. The van der Waals surface area contributed by atoms with Crippen molar-refractivity contribution >= 4 is 17.8 Å². The molecular formula is C22H32N4O5. The van der Waals surface area contributed by atoms with Crippen LogP contribution in [-0.2, 0) is 4.79 Å². The van der Waals surface area contributed by atoms with Crippen molar-refractivity contribution < 1.29 is 23.9 Å². The lowest BCUT2D eigenvalue weighted by atomic mass is 9.96. The molecule has 9 heteroatoms. The van der Waals surface area contributed by atoms with Gasteiger partial charge in [-0.15, -0.1) is 0 Å². The fraction of sp³-hybridized carbons (Fsp3) is 0.591. The number of carbonyl (C=O) groups excluding carboxylic acids is 3. The van der Waals surface area contributed by atoms with Gasteiger partial charge in [0, 0.05) is 44.8 Å². The van der Waals surface area contributed by atoms with E-state index in [0.29, 0.717) is 43.2 Å². The third-order valence-corrected chi connectivity index (χ3v) is 5.84. The van der Waals surface area contributed by atoms with Gasteiger partial charge in [-0.05, 0) is 31.0 Å². The summed E-state index contributed by atoms with van der Waals surface area (Å²) in [5.41, 5.74) is 0.476. The van der Waals surface area contributed by atoms with E-state index >= 15 is 0 Å². The second-order valence-corrected chi connectivity index (χ2v) is 7.89. The summed E-state index contributed by atoms with van der Waals surface area (Å²) in [4.78, 5) is 40.4. The van der Waals surface area contributed by atoms with Crippen LogP contribution < -0.4 is 20.1 Å². The second kappa shape index (κ2) is 10.9. The zero-order valence-electron chi connectivity index (χ0n) is 18.3. The number of benzene rings is 1. The van der Waals surface area contributed by atoms with E-state index in [9.17, 15) is 14.4 Å². The van der Waals surface area contributed by atoms with Crippen LogP contribution in [0.5, 0.6) is 11.5 Å². The number of rotatable bonds is 6. The molecule has 170 valence electrons. The van der Waals surface area contributed by atoms with Crippen LogP contribution >= 0.6 is 0 Å². The summed E-state index contributed by atoms with van der Waals surface area (Å²) in [7, 11) is 3.02. The van der Waals surface area contributed by atoms with Gasteiger partial charge < -0.3 is 29.9 Å². The lowest BCUT2D eigenvalue weighted by Crippen LogP contribution is -2.54. The first kappa shape index (κ1) is 22.7. The van der Waals surface area contributed by atoms with Crippen LogP contribution in [0.3, 0.4) is 0 Å². The van der Waals surface area contributed by atoms with E-state index in [2.05, 4.69) is 10.6 Å². The van der Waals surface area contributed by atoms with Crippen molar-refractivity contribution in [3.05, 3.63) is 23.8 Å². The Balaban J connectivity index is 1.53. The Morgan fingerprint density at radius 2 is 1.68 bits per heavy atom. The molecule has 0 aromatic heterocycles. The topological polar surface area (TPSA) is 100 Å². The SMILES string of the molecule is CNC(=O)COc1ccc(C(=O)N2CCN(C(=O)NC3CCCCC3)CC2)cc1OC. The first-order valence-corrected chi connectivity index (χ1v) is 10.9. The molecule has 0 bridgehead atoms. The third-order valence-electron chi connectivity index (χ3n) is 5.84. The predicted molar refractivity (Wildman–Crippen MR) is 115 cm³/mol. The van der Waals surface area contributed by atoms with E-state index in [1.165, 1.54) is 33.4 Å². The fourth-order valence-corrected chi connectivity index (χ4v) is 3.94. The highest BCUT2D eigenvalue weighted by Gasteiger charge is 2.27. The van der Waals surface area contributed by atoms with E-state index in [1.54, 1.807) is 28.0 Å². The molecule has 2 N–H and O–H groups in total. The molecule has 9 nitrogen and oxygen atoms in total. The minimum Gasteiger partial charge on any atom is -0.493 e. The highest BCUT2D eigenvalue weighted by Crippen LogP contribution is 2.28. The van der Waals surface area contributed by atoms with Crippen LogP contribution in [0, 0.1) is 0 Å². The maximum absolute atomic E-state index is 12.9. The van der Waals surface area contributed by atoms with Crippen molar-refractivity contribution in [2.75, 3.05) is 46.9 Å². The number of carbonyl (C=O) groups is 3. The zero-order valence-corrected chi connectivity index (χ0v) is 18.3. The molecule has 1 aromatic rings. The zero-order chi connectivity index (χ0) is 22.2. The minimum absolute atomic E-state index is 0.0294. The third kappa shape index (κ3) is 6.02. The highest BCUT2D eigenvalue weighted by molar-refractivity contribution is 5.95. The number of hydrogen-bond donors (Lipinski definition) is 2. The van der Waals surface area contributed by atoms with Crippen molar-refractivity contribution in [3.63, 3.8) is 0 Å². The van der Waals surface area contributed by atoms with Gasteiger partial charge in [0.1, 0.15) is 0 Å². The number of likely N-dealkylation sites (N-methyl/N-ethyl adjacent to an activating group) is 1. The fourth-order valence-electron chi connectivity index (χ4n) is 3.94. The molecule has 3 rings (SSSR count). The Labute approximate surface area is 183 Å². The van der Waals surface area contributed by atoms with Crippen LogP contribution in [0.25, 0.3) is 0 Å². The van der Waals surface area contributed by atoms with E-state index in [4.69, 9.17) is 9.47 Å². The highest BCUT2D eigenvalue weighted by atomic mass is 16.5. The summed E-state index contributed by atoms with van der Waals surface area (Å²) < 4.78 is 10.8. The predicted octanol–water partition coefficient (Wildman–Crippen LogP) is 1.62. The van der Waals surface area contributed by atoms with Crippen LogP contribution in [0.4, 0.5) is 4.79 Å². The molecule has 1 saturated heterocycles. The average molecular weight is 433 g/mol. The van der Waals surface area contributed by atoms with Crippen molar-refractivity contribution in [1.82, 2.24) is 20.4 Å². The van der Waals surface area contributed by atoms with Gasteiger partial charge in [0.15, 0.2) is 18.1 Å². The van der Waals surface area contributed by atoms with E-state index in [0.717, 1.165) is 12.8 Å². The molecule has 0 radical (unpaired) electrons. The van der Waals surface area contributed by atoms with Crippen molar-refractivity contribution in [1.29, 1.82) is 0 Å². The number of methoxy groups -OCH3 is 1. The summed E-state index contributed by atoms with van der Waals surface area (Å²) in [6.07, 6.45) is 5.70.